The number of fused-ring (bicyclic) bond motifs is 1. The van der Waals surface area contributed by atoms with Crippen LogP contribution in [0.2, 0.25) is 0 Å². The Bertz CT molecular complexity index is 691. The molecule has 6 nitrogen and oxygen atoms in total. The van der Waals surface area contributed by atoms with Crippen molar-refractivity contribution in [3.63, 3.8) is 0 Å². The Hall–Kier alpha value is -2.37. The second kappa shape index (κ2) is 5.09. The van der Waals surface area contributed by atoms with Crippen LogP contribution in [-0.4, -0.2) is 27.3 Å². The molecule has 2 N–H and O–H groups in total. The molecule has 2 aromatic heterocycles. The van der Waals surface area contributed by atoms with E-state index in [1.807, 2.05) is 13.8 Å². The summed E-state index contributed by atoms with van der Waals surface area (Å²) in [5.74, 6) is -1.24. The molecule has 0 fully saturated rings. The Morgan fingerprint density at radius 1 is 1.47 bits per heavy atom. The number of carboxylic acid groups (broad SMARTS) is 1. The number of aromatic carboxylic acids is 1. The molecule has 100 valence electrons. The first-order chi connectivity index (χ1) is 9.04. The van der Waals surface area contributed by atoms with E-state index in [0.717, 1.165) is 12.1 Å². The zero-order valence-corrected chi connectivity index (χ0v) is 10.8. The molecule has 2 aromatic rings. The lowest BCUT2D eigenvalue weighted by Crippen LogP contribution is -2.24. The Morgan fingerprint density at radius 3 is 2.84 bits per heavy atom. The zero-order valence-electron chi connectivity index (χ0n) is 10.8. The number of hydrogen-bond donors (Lipinski definition) is 2. The first-order valence-corrected chi connectivity index (χ1v) is 6.04. The molecule has 0 saturated carbocycles. The van der Waals surface area contributed by atoms with Gasteiger partial charge in [-0.2, -0.15) is 0 Å². The topological polar surface area (TPSA) is 84.2 Å². The van der Waals surface area contributed by atoms with E-state index in [0.29, 0.717) is 17.6 Å². The molecule has 2 rings (SSSR count). The van der Waals surface area contributed by atoms with Gasteiger partial charge in [0.05, 0.1) is 5.39 Å². The van der Waals surface area contributed by atoms with Gasteiger partial charge in [-0.3, -0.25) is 4.79 Å². The van der Waals surface area contributed by atoms with Crippen molar-refractivity contribution in [2.45, 2.75) is 20.3 Å². The van der Waals surface area contributed by atoms with Gasteiger partial charge in [-0.15, -0.1) is 0 Å². The van der Waals surface area contributed by atoms with Crippen LogP contribution < -0.4 is 10.9 Å². The van der Waals surface area contributed by atoms with Gasteiger partial charge in [0.1, 0.15) is 5.56 Å². The monoisotopic (exact) mass is 261 g/mol. The van der Waals surface area contributed by atoms with E-state index in [4.69, 9.17) is 5.11 Å². The average Bonchev–Trinajstić information content (AvgIpc) is 2.37. The molecule has 2 heterocycles. The number of pyridine rings is 2. The summed E-state index contributed by atoms with van der Waals surface area (Å²) in [5.41, 5.74) is 3.48. The van der Waals surface area contributed by atoms with Crippen LogP contribution in [-0.2, 0) is 0 Å². The molecule has 0 aliphatic heterocycles. The first kappa shape index (κ1) is 13.1. The van der Waals surface area contributed by atoms with Crippen LogP contribution in [0.3, 0.4) is 0 Å². The molecule has 0 radical (unpaired) electrons. The molecule has 6 heteroatoms. The van der Waals surface area contributed by atoms with Crippen LogP contribution in [0, 0.1) is 6.92 Å². The van der Waals surface area contributed by atoms with Crippen molar-refractivity contribution < 1.29 is 9.90 Å². The van der Waals surface area contributed by atoms with Crippen molar-refractivity contribution >= 4 is 17.0 Å². The second-order valence-electron chi connectivity index (χ2n) is 4.28. The highest BCUT2D eigenvalue weighted by molar-refractivity contribution is 5.91. The fourth-order valence-corrected chi connectivity index (χ4v) is 1.80. The minimum atomic E-state index is -1.24. The summed E-state index contributed by atoms with van der Waals surface area (Å²) < 4.78 is 1.51. The number of carbonyl (C=O) groups is 1. The van der Waals surface area contributed by atoms with Gasteiger partial charge in [0.15, 0.2) is 5.65 Å². The SMILES string of the molecule is CCCNn1cc(C(=O)O)c(=O)c2ccc(C)nc21. The molecular formula is C13H15N3O3. The average molecular weight is 261 g/mol. The van der Waals surface area contributed by atoms with Gasteiger partial charge in [0, 0.05) is 18.4 Å². The normalized spacial score (nSPS) is 10.6. The Balaban J connectivity index is 2.76. The standard InChI is InChI=1S/C13H15N3O3/c1-3-6-14-16-7-10(13(18)19)11(17)9-5-4-8(2)15-12(9)16/h4-5,7,14H,3,6H2,1-2H3,(H,18,19). The predicted molar refractivity (Wildman–Crippen MR) is 72.2 cm³/mol. The molecule has 0 unspecified atom stereocenters. The summed E-state index contributed by atoms with van der Waals surface area (Å²) >= 11 is 0. The number of nitrogens with one attached hydrogen (secondary N) is 1. The van der Waals surface area contributed by atoms with E-state index in [2.05, 4.69) is 10.4 Å². The summed E-state index contributed by atoms with van der Waals surface area (Å²) in [5, 5.41) is 9.37. The van der Waals surface area contributed by atoms with Crippen molar-refractivity contribution in [1.82, 2.24) is 9.66 Å². The van der Waals surface area contributed by atoms with E-state index < -0.39 is 11.4 Å². The summed E-state index contributed by atoms with van der Waals surface area (Å²) in [7, 11) is 0. The minimum Gasteiger partial charge on any atom is -0.477 e. The largest absolute Gasteiger partial charge is 0.477 e. The smallest absolute Gasteiger partial charge is 0.341 e. The van der Waals surface area contributed by atoms with Crippen LogP contribution >= 0.6 is 0 Å². The number of nitrogens with zero attached hydrogens (tertiary/aromatic N) is 2. The molecule has 0 aromatic carbocycles. The zero-order chi connectivity index (χ0) is 14.0. The predicted octanol–water partition coefficient (Wildman–Crippen LogP) is 1.36. The van der Waals surface area contributed by atoms with Crippen molar-refractivity contribution in [2.24, 2.45) is 0 Å². The molecule has 0 saturated heterocycles. The van der Waals surface area contributed by atoms with Crippen LogP contribution in [0.25, 0.3) is 11.0 Å². The van der Waals surface area contributed by atoms with Gasteiger partial charge in [-0.25, -0.2) is 14.5 Å². The quantitative estimate of drug-likeness (QED) is 0.868. The summed E-state index contributed by atoms with van der Waals surface area (Å²) in [6.07, 6.45) is 2.16. The van der Waals surface area contributed by atoms with Gasteiger partial charge in [0.25, 0.3) is 0 Å². The summed E-state index contributed by atoms with van der Waals surface area (Å²) in [6, 6.07) is 3.30. The third-order valence-corrected chi connectivity index (χ3v) is 2.75. The van der Waals surface area contributed by atoms with Gasteiger partial charge < -0.3 is 10.5 Å². The number of hydrogen-bond acceptors (Lipinski definition) is 4. The highest BCUT2D eigenvalue weighted by Crippen LogP contribution is 2.09. The number of aromatic nitrogens is 2. The van der Waals surface area contributed by atoms with Crippen LogP contribution in [0.5, 0.6) is 0 Å². The molecule has 0 aliphatic rings. The second-order valence-corrected chi connectivity index (χ2v) is 4.28. The summed E-state index contributed by atoms with van der Waals surface area (Å²) in [4.78, 5) is 27.4. The van der Waals surface area contributed by atoms with Gasteiger partial charge >= 0.3 is 5.97 Å². The lowest BCUT2D eigenvalue weighted by atomic mass is 10.2. The van der Waals surface area contributed by atoms with Crippen molar-refractivity contribution in [3.8, 4) is 0 Å². The molecule has 0 aliphatic carbocycles. The molecule has 0 bridgehead atoms. The number of aryl methyl sites for hydroxylation is 1. The van der Waals surface area contributed by atoms with E-state index >= 15 is 0 Å². The molecule has 0 amide bonds. The Kier molecular flexibility index (Phi) is 3.50. The fourth-order valence-electron chi connectivity index (χ4n) is 1.80. The molecular weight excluding hydrogens is 246 g/mol. The summed E-state index contributed by atoms with van der Waals surface area (Å²) in [6.45, 7) is 4.47. The highest BCUT2D eigenvalue weighted by Gasteiger charge is 2.15. The molecule has 19 heavy (non-hydrogen) atoms. The Morgan fingerprint density at radius 2 is 2.21 bits per heavy atom. The lowest BCUT2D eigenvalue weighted by Gasteiger charge is -2.13. The fraction of sp³-hybridized carbons (Fsp3) is 0.308. The van der Waals surface area contributed by atoms with Crippen molar-refractivity contribution in [2.75, 3.05) is 12.0 Å². The maximum Gasteiger partial charge on any atom is 0.341 e. The molecule has 0 spiro atoms. The Labute approximate surface area is 109 Å². The van der Waals surface area contributed by atoms with E-state index in [1.165, 1.54) is 10.9 Å². The first-order valence-electron chi connectivity index (χ1n) is 6.04. The van der Waals surface area contributed by atoms with Crippen molar-refractivity contribution in [3.05, 3.63) is 39.8 Å². The lowest BCUT2D eigenvalue weighted by molar-refractivity contribution is 0.0695. The third-order valence-electron chi connectivity index (χ3n) is 2.75. The third kappa shape index (κ3) is 2.42. The van der Waals surface area contributed by atoms with Gasteiger partial charge in [-0.1, -0.05) is 6.92 Å². The van der Waals surface area contributed by atoms with E-state index in [9.17, 15) is 9.59 Å². The maximum absolute atomic E-state index is 12.0. The van der Waals surface area contributed by atoms with Crippen LogP contribution in [0.15, 0.2) is 23.1 Å². The minimum absolute atomic E-state index is 0.262. The van der Waals surface area contributed by atoms with Crippen LogP contribution in [0.1, 0.15) is 29.4 Å². The van der Waals surface area contributed by atoms with Crippen molar-refractivity contribution in [1.29, 1.82) is 0 Å². The van der Waals surface area contributed by atoms with Crippen LogP contribution in [0.4, 0.5) is 0 Å². The maximum atomic E-state index is 12.0. The van der Waals surface area contributed by atoms with Gasteiger partial charge in [0.2, 0.25) is 5.43 Å². The van der Waals surface area contributed by atoms with E-state index in [-0.39, 0.29) is 5.56 Å². The van der Waals surface area contributed by atoms with E-state index in [1.54, 1.807) is 12.1 Å². The molecule has 0 atom stereocenters. The number of rotatable bonds is 4. The number of carboxylic acids is 1. The van der Waals surface area contributed by atoms with Gasteiger partial charge in [-0.05, 0) is 25.5 Å². The highest BCUT2D eigenvalue weighted by atomic mass is 16.4.